The first-order chi connectivity index (χ1) is 8.40. The molecule has 0 saturated carbocycles. The van der Waals surface area contributed by atoms with E-state index in [0.29, 0.717) is 0 Å². The fourth-order valence-corrected chi connectivity index (χ4v) is 1.86. The first-order valence-electron chi connectivity index (χ1n) is 6.18. The van der Waals surface area contributed by atoms with Crippen LogP contribution >= 0.6 is 0 Å². The lowest BCUT2D eigenvalue weighted by Gasteiger charge is -2.00. The molecule has 0 spiro atoms. The summed E-state index contributed by atoms with van der Waals surface area (Å²) < 4.78 is 2.01. The highest BCUT2D eigenvalue weighted by molar-refractivity contribution is 5.61. The third-order valence-electron chi connectivity index (χ3n) is 2.83. The minimum atomic E-state index is 0.786. The van der Waals surface area contributed by atoms with Gasteiger partial charge in [0, 0.05) is 18.3 Å². The molecule has 2 aromatic rings. The molecule has 90 valence electrons. The Bertz CT molecular complexity index is 434. The topological polar surface area (TPSA) is 43.8 Å². The summed E-state index contributed by atoms with van der Waals surface area (Å²) in [4.78, 5) is 0. The molecule has 2 N–H and O–H groups in total. The molecule has 3 heteroatoms. The highest BCUT2D eigenvalue weighted by Crippen LogP contribution is 2.17. The molecule has 0 saturated heterocycles. The van der Waals surface area contributed by atoms with Crippen LogP contribution in [0.4, 0.5) is 0 Å². The van der Waals surface area contributed by atoms with Gasteiger partial charge in [-0.2, -0.15) is 5.10 Å². The first-order valence-corrected chi connectivity index (χ1v) is 6.18. The molecular formula is C14H19N3. The Hall–Kier alpha value is -1.61. The van der Waals surface area contributed by atoms with Crippen LogP contribution in [-0.4, -0.2) is 16.3 Å². The normalized spacial score (nSPS) is 10.6. The van der Waals surface area contributed by atoms with Gasteiger partial charge < -0.3 is 5.73 Å². The quantitative estimate of drug-likeness (QED) is 0.774. The maximum atomic E-state index is 5.47. The third kappa shape index (κ3) is 3.43. The van der Waals surface area contributed by atoms with Gasteiger partial charge >= 0.3 is 0 Å². The monoisotopic (exact) mass is 229 g/mol. The smallest absolute Gasteiger partial charge is 0.0568 e. The summed E-state index contributed by atoms with van der Waals surface area (Å²) in [5.41, 5.74) is 7.87. The molecule has 17 heavy (non-hydrogen) atoms. The van der Waals surface area contributed by atoms with Gasteiger partial charge in [0.2, 0.25) is 0 Å². The van der Waals surface area contributed by atoms with Crippen molar-refractivity contribution in [2.45, 2.75) is 25.8 Å². The third-order valence-corrected chi connectivity index (χ3v) is 2.83. The number of hydrogen-bond donors (Lipinski definition) is 1. The molecule has 0 fully saturated rings. The fraction of sp³-hybridized carbons (Fsp3) is 0.357. The second kappa shape index (κ2) is 6.21. The average Bonchev–Trinajstić information content (AvgIpc) is 2.85. The molecule has 0 amide bonds. The van der Waals surface area contributed by atoms with E-state index in [9.17, 15) is 0 Å². The highest BCUT2D eigenvalue weighted by Gasteiger charge is 2.00. The lowest BCUT2D eigenvalue weighted by atomic mass is 10.1. The van der Waals surface area contributed by atoms with Gasteiger partial charge in [0.1, 0.15) is 0 Å². The number of hydrogen-bond acceptors (Lipinski definition) is 2. The summed E-state index contributed by atoms with van der Waals surface area (Å²) in [6.07, 6.45) is 7.47. The summed E-state index contributed by atoms with van der Waals surface area (Å²) in [6, 6.07) is 10.3. The van der Waals surface area contributed by atoms with Crippen molar-refractivity contribution < 1.29 is 0 Å². The van der Waals surface area contributed by atoms with Crippen molar-refractivity contribution >= 4 is 0 Å². The summed E-state index contributed by atoms with van der Waals surface area (Å²) in [5.74, 6) is 0. The number of aryl methyl sites for hydroxylation is 1. The number of nitrogens with zero attached hydrogens (tertiary/aromatic N) is 2. The Kier molecular flexibility index (Phi) is 4.33. The molecule has 2 rings (SSSR count). The van der Waals surface area contributed by atoms with Crippen LogP contribution in [0.15, 0.2) is 42.7 Å². The van der Waals surface area contributed by atoms with E-state index in [2.05, 4.69) is 23.4 Å². The van der Waals surface area contributed by atoms with Crippen molar-refractivity contribution in [2.24, 2.45) is 5.73 Å². The van der Waals surface area contributed by atoms with Crippen LogP contribution in [0.25, 0.3) is 11.1 Å². The molecule has 0 atom stereocenters. The second-order valence-electron chi connectivity index (χ2n) is 4.21. The zero-order valence-electron chi connectivity index (χ0n) is 10.0. The van der Waals surface area contributed by atoms with Crippen LogP contribution in [-0.2, 0) is 6.54 Å². The Balaban J connectivity index is 1.92. The van der Waals surface area contributed by atoms with Crippen LogP contribution in [0.5, 0.6) is 0 Å². The van der Waals surface area contributed by atoms with Crippen LogP contribution in [0.2, 0.25) is 0 Å². The lowest BCUT2D eigenvalue weighted by molar-refractivity contribution is 0.547. The molecular weight excluding hydrogens is 210 g/mol. The summed E-state index contributed by atoms with van der Waals surface area (Å²) in [6.45, 7) is 1.77. The van der Waals surface area contributed by atoms with Crippen molar-refractivity contribution in [2.75, 3.05) is 6.54 Å². The summed E-state index contributed by atoms with van der Waals surface area (Å²) in [7, 11) is 0. The van der Waals surface area contributed by atoms with E-state index in [1.54, 1.807) is 0 Å². The van der Waals surface area contributed by atoms with E-state index in [4.69, 9.17) is 5.73 Å². The molecule has 3 nitrogen and oxygen atoms in total. The minimum Gasteiger partial charge on any atom is -0.330 e. The van der Waals surface area contributed by atoms with Crippen molar-refractivity contribution in [1.29, 1.82) is 0 Å². The Labute approximate surface area is 102 Å². The molecule has 1 heterocycles. The van der Waals surface area contributed by atoms with Gasteiger partial charge in [-0.25, -0.2) is 0 Å². The minimum absolute atomic E-state index is 0.786. The van der Waals surface area contributed by atoms with E-state index in [-0.39, 0.29) is 0 Å². The molecule has 0 bridgehead atoms. The molecule has 0 unspecified atom stereocenters. The van der Waals surface area contributed by atoms with Gasteiger partial charge in [-0.1, -0.05) is 36.8 Å². The predicted octanol–water partition coefficient (Wildman–Crippen LogP) is 2.68. The van der Waals surface area contributed by atoms with Gasteiger partial charge in [0.15, 0.2) is 0 Å². The molecule has 0 aliphatic carbocycles. The van der Waals surface area contributed by atoms with Crippen LogP contribution in [0.3, 0.4) is 0 Å². The van der Waals surface area contributed by atoms with E-state index in [0.717, 1.165) is 25.9 Å². The van der Waals surface area contributed by atoms with Gasteiger partial charge in [-0.3, -0.25) is 4.68 Å². The standard InChI is InChI=1S/C14H19N3/c15-9-5-2-6-10-17-12-14(11-16-17)13-7-3-1-4-8-13/h1,3-4,7-8,11-12H,2,5-6,9-10,15H2. The molecule has 1 aromatic heterocycles. The molecule has 1 aromatic carbocycles. The van der Waals surface area contributed by atoms with Crippen molar-refractivity contribution in [3.63, 3.8) is 0 Å². The first kappa shape index (κ1) is 11.9. The molecule has 0 aliphatic rings. The highest BCUT2D eigenvalue weighted by atomic mass is 15.3. The largest absolute Gasteiger partial charge is 0.330 e. The van der Waals surface area contributed by atoms with Gasteiger partial charge in [0.25, 0.3) is 0 Å². The Morgan fingerprint density at radius 1 is 1.00 bits per heavy atom. The van der Waals surface area contributed by atoms with Gasteiger partial charge in [-0.15, -0.1) is 0 Å². The Morgan fingerprint density at radius 2 is 1.82 bits per heavy atom. The second-order valence-corrected chi connectivity index (χ2v) is 4.21. The molecule has 0 radical (unpaired) electrons. The van der Waals surface area contributed by atoms with Crippen molar-refractivity contribution in [3.05, 3.63) is 42.7 Å². The zero-order valence-corrected chi connectivity index (χ0v) is 10.0. The van der Waals surface area contributed by atoms with Crippen molar-refractivity contribution in [3.8, 4) is 11.1 Å². The number of unbranched alkanes of at least 4 members (excludes halogenated alkanes) is 2. The number of benzene rings is 1. The zero-order chi connectivity index (χ0) is 11.9. The molecule has 0 aliphatic heterocycles. The maximum absolute atomic E-state index is 5.47. The van der Waals surface area contributed by atoms with Crippen LogP contribution in [0, 0.1) is 0 Å². The number of nitrogens with two attached hydrogens (primary N) is 1. The van der Waals surface area contributed by atoms with Gasteiger partial charge in [-0.05, 0) is 24.9 Å². The predicted molar refractivity (Wildman–Crippen MR) is 70.6 cm³/mol. The Morgan fingerprint density at radius 3 is 2.59 bits per heavy atom. The average molecular weight is 229 g/mol. The van der Waals surface area contributed by atoms with E-state index < -0.39 is 0 Å². The fourth-order valence-electron chi connectivity index (χ4n) is 1.86. The maximum Gasteiger partial charge on any atom is 0.0568 e. The lowest BCUT2D eigenvalue weighted by Crippen LogP contribution is -2.01. The van der Waals surface area contributed by atoms with E-state index in [1.165, 1.54) is 17.5 Å². The number of aromatic nitrogens is 2. The summed E-state index contributed by atoms with van der Waals surface area (Å²) in [5, 5.41) is 4.38. The van der Waals surface area contributed by atoms with Crippen molar-refractivity contribution in [1.82, 2.24) is 9.78 Å². The SMILES string of the molecule is NCCCCCn1cc(-c2ccccc2)cn1. The summed E-state index contributed by atoms with van der Waals surface area (Å²) >= 11 is 0. The van der Waals surface area contributed by atoms with Gasteiger partial charge in [0.05, 0.1) is 6.20 Å². The van der Waals surface area contributed by atoms with E-state index in [1.807, 2.05) is 29.1 Å². The number of rotatable bonds is 6. The van der Waals surface area contributed by atoms with Crippen LogP contribution < -0.4 is 5.73 Å². The van der Waals surface area contributed by atoms with E-state index >= 15 is 0 Å². The van der Waals surface area contributed by atoms with Crippen LogP contribution in [0.1, 0.15) is 19.3 Å².